The van der Waals surface area contributed by atoms with Crippen LogP contribution in [0.5, 0.6) is 5.75 Å². The maximum atomic E-state index is 12.0. The number of para-hydroxylation sites is 1. The monoisotopic (exact) mass is 301 g/mol. The highest BCUT2D eigenvalue weighted by molar-refractivity contribution is 6.09. The van der Waals surface area contributed by atoms with E-state index in [0.717, 1.165) is 5.75 Å². The van der Waals surface area contributed by atoms with Crippen LogP contribution in [0.1, 0.15) is 0 Å². The number of hydrogen-bond acceptors (Lipinski definition) is 7. The first kappa shape index (κ1) is 14.1. The molecule has 8 heteroatoms. The lowest BCUT2D eigenvalue weighted by atomic mass is 10.3. The van der Waals surface area contributed by atoms with Crippen LogP contribution < -0.4 is 10.5 Å². The average molecular weight is 301 g/mol. The molecule has 2 aliphatic heterocycles. The van der Waals surface area contributed by atoms with Crippen molar-refractivity contribution >= 4 is 11.9 Å². The molecule has 22 heavy (non-hydrogen) atoms. The normalized spacial score (nSPS) is 17.5. The zero-order valence-corrected chi connectivity index (χ0v) is 11.8. The Morgan fingerprint density at radius 1 is 1.32 bits per heavy atom. The molecular weight excluding hydrogens is 286 g/mol. The first-order chi connectivity index (χ1) is 10.7. The van der Waals surface area contributed by atoms with Crippen LogP contribution in [0.4, 0.5) is 0 Å². The molecule has 0 atom stereocenters. The fraction of sp³-hybridized carbons (Fsp3) is 0.286. The standard InChI is InChI=1S/C14H15N5O3/c15-12-11(17-21)13(20)19-7-6-16-14(19)18(12)8-9-22-10-4-2-1-3-5-10/h1-5H,6-9,15H2. The van der Waals surface area contributed by atoms with Crippen molar-refractivity contribution in [2.75, 3.05) is 26.2 Å². The van der Waals surface area contributed by atoms with Crippen molar-refractivity contribution in [3.05, 3.63) is 46.8 Å². The van der Waals surface area contributed by atoms with Crippen molar-refractivity contribution in [1.82, 2.24) is 9.80 Å². The molecule has 0 saturated heterocycles. The van der Waals surface area contributed by atoms with Crippen molar-refractivity contribution in [3.8, 4) is 5.75 Å². The minimum absolute atomic E-state index is 0.0218. The van der Waals surface area contributed by atoms with E-state index in [4.69, 9.17) is 10.5 Å². The van der Waals surface area contributed by atoms with Gasteiger partial charge in [0.05, 0.1) is 13.1 Å². The predicted molar refractivity (Wildman–Crippen MR) is 79.7 cm³/mol. The molecular formula is C14H15N5O3. The van der Waals surface area contributed by atoms with Gasteiger partial charge in [-0.05, 0) is 17.3 Å². The molecule has 1 amide bonds. The first-order valence-electron chi connectivity index (χ1n) is 6.87. The number of benzene rings is 1. The summed E-state index contributed by atoms with van der Waals surface area (Å²) in [6.45, 7) is 1.60. The van der Waals surface area contributed by atoms with Crippen molar-refractivity contribution in [3.63, 3.8) is 0 Å². The highest BCUT2D eigenvalue weighted by atomic mass is 16.5. The number of rotatable bonds is 5. The third kappa shape index (κ3) is 2.39. The summed E-state index contributed by atoms with van der Waals surface area (Å²) in [6.07, 6.45) is 0. The van der Waals surface area contributed by atoms with Gasteiger partial charge in [0.25, 0.3) is 5.91 Å². The number of ether oxygens (including phenoxy) is 1. The van der Waals surface area contributed by atoms with Gasteiger partial charge in [-0.1, -0.05) is 18.2 Å². The van der Waals surface area contributed by atoms with Gasteiger partial charge >= 0.3 is 0 Å². The molecule has 0 aliphatic carbocycles. The molecule has 114 valence electrons. The van der Waals surface area contributed by atoms with Crippen LogP contribution >= 0.6 is 0 Å². The van der Waals surface area contributed by atoms with Gasteiger partial charge in [0.2, 0.25) is 11.7 Å². The lowest BCUT2D eigenvalue weighted by Crippen LogP contribution is -2.52. The van der Waals surface area contributed by atoms with Crippen LogP contribution in [0.25, 0.3) is 0 Å². The number of carbonyl (C=O) groups is 1. The van der Waals surface area contributed by atoms with Crippen LogP contribution in [0.15, 0.2) is 52.0 Å². The third-order valence-electron chi connectivity index (χ3n) is 3.46. The zero-order valence-electron chi connectivity index (χ0n) is 11.8. The van der Waals surface area contributed by atoms with E-state index < -0.39 is 5.91 Å². The number of fused-ring (bicyclic) bond motifs is 1. The Labute approximate surface area is 126 Å². The molecule has 3 rings (SSSR count). The highest BCUT2D eigenvalue weighted by Gasteiger charge is 2.39. The van der Waals surface area contributed by atoms with Gasteiger partial charge in [-0.25, -0.2) is 0 Å². The Bertz CT molecular complexity index is 656. The maximum Gasteiger partial charge on any atom is 0.286 e. The van der Waals surface area contributed by atoms with Crippen LogP contribution in [0.2, 0.25) is 0 Å². The second-order valence-corrected chi connectivity index (χ2v) is 4.78. The molecule has 8 nitrogen and oxygen atoms in total. The van der Waals surface area contributed by atoms with Crippen LogP contribution in [0.3, 0.4) is 0 Å². The van der Waals surface area contributed by atoms with Gasteiger partial charge in [0.15, 0.2) is 0 Å². The predicted octanol–water partition coefficient (Wildman–Crippen LogP) is 0.473. The summed E-state index contributed by atoms with van der Waals surface area (Å²) in [4.78, 5) is 30.2. The van der Waals surface area contributed by atoms with E-state index in [1.807, 2.05) is 30.3 Å². The van der Waals surface area contributed by atoms with Crippen LogP contribution in [-0.4, -0.2) is 47.9 Å². The average Bonchev–Trinajstić information content (AvgIpc) is 3.02. The molecule has 0 aromatic heterocycles. The molecule has 0 radical (unpaired) electrons. The molecule has 2 aliphatic rings. The van der Waals surface area contributed by atoms with Gasteiger partial charge < -0.3 is 10.5 Å². The Hall–Kier alpha value is -2.90. The fourth-order valence-electron chi connectivity index (χ4n) is 2.41. The molecule has 2 N–H and O–H groups in total. The van der Waals surface area contributed by atoms with Crippen molar-refractivity contribution in [2.45, 2.75) is 0 Å². The van der Waals surface area contributed by atoms with E-state index in [9.17, 15) is 9.70 Å². The lowest BCUT2D eigenvalue weighted by Gasteiger charge is -2.33. The van der Waals surface area contributed by atoms with E-state index in [0.29, 0.717) is 32.2 Å². The number of guanidine groups is 1. The van der Waals surface area contributed by atoms with E-state index in [1.165, 1.54) is 4.90 Å². The SMILES string of the molecule is NC1=C(N=O)C(=O)N2CCN=C2N1CCOc1ccccc1. The van der Waals surface area contributed by atoms with Gasteiger partial charge in [-0.3, -0.25) is 19.6 Å². The zero-order chi connectivity index (χ0) is 15.5. The molecule has 0 bridgehead atoms. The van der Waals surface area contributed by atoms with Crippen LogP contribution in [-0.2, 0) is 4.79 Å². The smallest absolute Gasteiger partial charge is 0.286 e. The Kier molecular flexibility index (Phi) is 3.73. The largest absolute Gasteiger partial charge is 0.492 e. The minimum atomic E-state index is -0.496. The number of hydrogen-bond donors (Lipinski definition) is 1. The summed E-state index contributed by atoms with van der Waals surface area (Å²) in [5.74, 6) is 0.709. The van der Waals surface area contributed by atoms with Crippen molar-refractivity contribution in [2.24, 2.45) is 15.9 Å². The maximum absolute atomic E-state index is 12.0. The second-order valence-electron chi connectivity index (χ2n) is 4.78. The topological polar surface area (TPSA) is 101 Å². The highest BCUT2D eigenvalue weighted by Crippen LogP contribution is 2.22. The number of nitroso groups, excluding NO2 is 1. The lowest BCUT2D eigenvalue weighted by molar-refractivity contribution is -0.124. The molecule has 1 aromatic carbocycles. The van der Waals surface area contributed by atoms with Gasteiger partial charge in [-0.2, -0.15) is 0 Å². The number of nitrogens with zero attached hydrogens (tertiary/aromatic N) is 4. The Morgan fingerprint density at radius 3 is 2.82 bits per heavy atom. The van der Waals surface area contributed by atoms with E-state index in [-0.39, 0.29) is 11.5 Å². The molecule has 0 saturated carbocycles. The Morgan fingerprint density at radius 2 is 2.09 bits per heavy atom. The molecule has 0 spiro atoms. The van der Waals surface area contributed by atoms with Crippen molar-refractivity contribution in [1.29, 1.82) is 0 Å². The molecule has 1 aromatic rings. The van der Waals surface area contributed by atoms with E-state index in [2.05, 4.69) is 10.2 Å². The van der Waals surface area contributed by atoms with E-state index >= 15 is 0 Å². The molecule has 0 fully saturated rings. The quantitative estimate of drug-likeness (QED) is 0.797. The summed E-state index contributed by atoms with van der Waals surface area (Å²) in [5, 5.41) is 2.76. The van der Waals surface area contributed by atoms with Crippen molar-refractivity contribution < 1.29 is 9.53 Å². The summed E-state index contributed by atoms with van der Waals surface area (Å²) in [7, 11) is 0. The number of nitrogens with two attached hydrogens (primary N) is 1. The number of amides is 1. The second kappa shape index (κ2) is 5.84. The summed E-state index contributed by atoms with van der Waals surface area (Å²) in [6, 6.07) is 9.34. The van der Waals surface area contributed by atoms with Crippen LogP contribution in [0, 0.1) is 4.91 Å². The third-order valence-corrected chi connectivity index (χ3v) is 3.46. The number of carbonyl (C=O) groups excluding carboxylic acids is 1. The van der Waals surface area contributed by atoms with Gasteiger partial charge in [-0.15, -0.1) is 4.91 Å². The molecule has 2 heterocycles. The van der Waals surface area contributed by atoms with Gasteiger partial charge in [0, 0.05) is 6.54 Å². The minimum Gasteiger partial charge on any atom is -0.492 e. The van der Waals surface area contributed by atoms with Gasteiger partial charge in [0.1, 0.15) is 18.2 Å². The number of aliphatic imine (C=N–C) groups is 1. The first-order valence-corrected chi connectivity index (χ1v) is 6.87. The summed E-state index contributed by atoms with van der Waals surface area (Å²) < 4.78 is 5.61. The van der Waals surface area contributed by atoms with E-state index in [1.54, 1.807) is 4.90 Å². The fourth-order valence-corrected chi connectivity index (χ4v) is 2.41. The summed E-state index contributed by atoms with van der Waals surface area (Å²) >= 11 is 0. The Balaban J connectivity index is 1.74. The molecule has 0 unspecified atom stereocenters. The summed E-state index contributed by atoms with van der Waals surface area (Å²) in [5.41, 5.74) is 5.61.